The number of nitrogens with one attached hydrogen (secondary N) is 2. The van der Waals surface area contributed by atoms with Gasteiger partial charge in [0.25, 0.3) is 0 Å². The molecule has 0 saturated heterocycles. The summed E-state index contributed by atoms with van der Waals surface area (Å²) in [5, 5.41) is 17.7. The first kappa shape index (κ1) is 11.6. The van der Waals surface area contributed by atoms with Crippen molar-refractivity contribution >= 4 is 17.7 Å². The number of carbonyl (C=O) groups excluding carboxylic acids is 1. The second kappa shape index (κ2) is 5.46. The molecule has 1 amide bonds. The summed E-state index contributed by atoms with van der Waals surface area (Å²) in [7, 11) is 0. The van der Waals surface area contributed by atoms with Crippen LogP contribution in [0.3, 0.4) is 0 Å². The van der Waals surface area contributed by atoms with Crippen molar-refractivity contribution < 1.29 is 4.79 Å². The van der Waals surface area contributed by atoms with Crippen LogP contribution in [-0.4, -0.2) is 16.1 Å². The van der Waals surface area contributed by atoms with Gasteiger partial charge in [0.2, 0.25) is 5.91 Å². The van der Waals surface area contributed by atoms with E-state index in [-0.39, 0.29) is 5.91 Å². The average molecular weight is 238 g/mol. The van der Waals surface area contributed by atoms with Gasteiger partial charge in [0.1, 0.15) is 0 Å². The number of amides is 1. The number of anilines is 1. The zero-order valence-corrected chi connectivity index (χ0v) is 9.42. The summed E-state index contributed by atoms with van der Waals surface area (Å²) in [4.78, 5) is 11.5. The number of aromatic amines is 1. The predicted octanol–water partition coefficient (Wildman–Crippen LogP) is 1.93. The minimum absolute atomic E-state index is 0.251. The summed E-state index contributed by atoms with van der Waals surface area (Å²) in [5.41, 5.74) is 1.97. The van der Waals surface area contributed by atoms with E-state index in [2.05, 4.69) is 15.5 Å². The van der Waals surface area contributed by atoms with Gasteiger partial charge in [0.05, 0.1) is 23.5 Å². The highest BCUT2D eigenvalue weighted by atomic mass is 16.1. The van der Waals surface area contributed by atoms with Crippen molar-refractivity contribution in [1.29, 1.82) is 5.26 Å². The van der Waals surface area contributed by atoms with Crippen LogP contribution in [0.5, 0.6) is 0 Å². The molecule has 2 rings (SSSR count). The molecule has 0 aliphatic rings. The molecule has 2 N–H and O–H groups in total. The van der Waals surface area contributed by atoms with Gasteiger partial charge in [-0.25, -0.2) is 0 Å². The normalized spacial score (nSPS) is 10.2. The Hall–Kier alpha value is -2.87. The third-order valence-electron chi connectivity index (χ3n) is 2.21. The van der Waals surface area contributed by atoms with Crippen molar-refractivity contribution in [2.24, 2.45) is 0 Å². The lowest BCUT2D eigenvalue weighted by Crippen LogP contribution is -2.06. The second-order valence-electron chi connectivity index (χ2n) is 3.55. The molecule has 0 bridgehead atoms. The van der Waals surface area contributed by atoms with Crippen LogP contribution >= 0.6 is 0 Å². The fourth-order valence-corrected chi connectivity index (χ4v) is 1.39. The summed E-state index contributed by atoms with van der Waals surface area (Å²) in [6.07, 6.45) is 6.16. The first-order valence-corrected chi connectivity index (χ1v) is 5.26. The Morgan fingerprint density at radius 3 is 3.11 bits per heavy atom. The van der Waals surface area contributed by atoms with E-state index in [4.69, 9.17) is 5.26 Å². The maximum absolute atomic E-state index is 11.5. The maximum Gasteiger partial charge on any atom is 0.248 e. The van der Waals surface area contributed by atoms with Crippen LogP contribution in [0.2, 0.25) is 0 Å². The first-order chi connectivity index (χ1) is 8.78. The number of hydrogen-bond acceptors (Lipinski definition) is 3. The van der Waals surface area contributed by atoms with E-state index in [1.54, 1.807) is 30.5 Å². The molecule has 0 spiro atoms. The van der Waals surface area contributed by atoms with Crippen molar-refractivity contribution in [3.63, 3.8) is 0 Å². The van der Waals surface area contributed by atoms with E-state index >= 15 is 0 Å². The minimum atomic E-state index is -0.251. The Bertz CT molecular complexity index is 608. The summed E-state index contributed by atoms with van der Waals surface area (Å²) in [6.45, 7) is 0. The smallest absolute Gasteiger partial charge is 0.248 e. The number of nitrogens with zero attached hydrogens (tertiary/aromatic N) is 2. The second-order valence-corrected chi connectivity index (χ2v) is 3.55. The van der Waals surface area contributed by atoms with E-state index in [0.717, 1.165) is 5.56 Å². The number of aromatic nitrogens is 2. The van der Waals surface area contributed by atoms with Gasteiger partial charge in [-0.2, -0.15) is 10.4 Å². The summed E-state index contributed by atoms with van der Waals surface area (Å²) < 4.78 is 0. The molecule has 0 fully saturated rings. The molecule has 18 heavy (non-hydrogen) atoms. The molecule has 0 atom stereocenters. The SMILES string of the molecule is N#Cc1cccc(/C=C/C(=O)Nc2cn[nH]c2)c1. The van der Waals surface area contributed by atoms with Crippen LogP contribution in [-0.2, 0) is 4.79 Å². The summed E-state index contributed by atoms with van der Waals surface area (Å²) in [5.74, 6) is -0.251. The summed E-state index contributed by atoms with van der Waals surface area (Å²) >= 11 is 0. The highest BCUT2D eigenvalue weighted by Crippen LogP contribution is 2.07. The molecule has 1 heterocycles. The van der Waals surface area contributed by atoms with Gasteiger partial charge in [0, 0.05) is 12.3 Å². The van der Waals surface area contributed by atoms with E-state index in [1.165, 1.54) is 12.3 Å². The fraction of sp³-hybridized carbons (Fsp3) is 0. The van der Waals surface area contributed by atoms with Crippen LogP contribution in [0.4, 0.5) is 5.69 Å². The summed E-state index contributed by atoms with van der Waals surface area (Å²) in [6, 6.07) is 9.06. The Labute approximate surface area is 104 Å². The molecule has 0 saturated carbocycles. The largest absolute Gasteiger partial charge is 0.320 e. The average Bonchev–Trinajstić information content (AvgIpc) is 2.89. The number of hydrogen-bond donors (Lipinski definition) is 2. The molecule has 2 aromatic rings. The molecule has 1 aromatic heterocycles. The molecular weight excluding hydrogens is 228 g/mol. The highest BCUT2D eigenvalue weighted by Gasteiger charge is 1.98. The van der Waals surface area contributed by atoms with Gasteiger partial charge in [-0.05, 0) is 23.8 Å². The van der Waals surface area contributed by atoms with Gasteiger partial charge in [-0.15, -0.1) is 0 Å². The van der Waals surface area contributed by atoms with Gasteiger partial charge in [-0.1, -0.05) is 12.1 Å². The molecule has 1 aromatic carbocycles. The molecular formula is C13H10N4O. The standard InChI is InChI=1S/C13H10N4O/c14-7-11-3-1-2-10(6-11)4-5-13(18)17-12-8-15-16-9-12/h1-6,8-9H,(H,15,16)(H,17,18)/b5-4+. The molecule has 0 aliphatic heterocycles. The van der Waals surface area contributed by atoms with Crippen LogP contribution in [0.15, 0.2) is 42.7 Å². The predicted molar refractivity (Wildman–Crippen MR) is 67.4 cm³/mol. The van der Waals surface area contributed by atoms with Crippen molar-refractivity contribution in [1.82, 2.24) is 10.2 Å². The van der Waals surface area contributed by atoms with Gasteiger partial charge in [0.15, 0.2) is 0 Å². The molecule has 5 nitrogen and oxygen atoms in total. The number of nitriles is 1. The van der Waals surface area contributed by atoms with Crippen molar-refractivity contribution in [3.05, 3.63) is 53.9 Å². The van der Waals surface area contributed by atoms with Crippen molar-refractivity contribution in [2.45, 2.75) is 0 Å². The molecule has 5 heteroatoms. The van der Waals surface area contributed by atoms with Gasteiger partial charge < -0.3 is 5.32 Å². The highest BCUT2D eigenvalue weighted by molar-refractivity contribution is 6.01. The maximum atomic E-state index is 11.5. The fourth-order valence-electron chi connectivity index (χ4n) is 1.39. The molecule has 88 valence electrons. The third kappa shape index (κ3) is 3.06. The monoisotopic (exact) mass is 238 g/mol. The topological polar surface area (TPSA) is 81.6 Å². The Morgan fingerprint density at radius 1 is 1.50 bits per heavy atom. The van der Waals surface area contributed by atoms with Gasteiger partial charge in [-0.3, -0.25) is 9.89 Å². The van der Waals surface area contributed by atoms with Crippen LogP contribution in [0, 0.1) is 11.3 Å². The number of H-pyrrole nitrogens is 1. The lowest BCUT2D eigenvalue weighted by molar-refractivity contribution is -0.111. The molecule has 0 aliphatic carbocycles. The van der Waals surface area contributed by atoms with E-state index < -0.39 is 0 Å². The zero-order chi connectivity index (χ0) is 12.8. The Morgan fingerprint density at radius 2 is 2.39 bits per heavy atom. The molecule has 0 unspecified atom stereocenters. The zero-order valence-electron chi connectivity index (χ0n) is 9.42. The van der Waals surface area contributed by atoms with E-state index in [1.807, 2.05) is 12.1 Å². The van der Waals surface area contributed by atoms with Crippen molar-refractivity contribution in [2.75, 3.05) is 5.32 Å². The van der Waals surface area contributed by atoms with Crippen molar-refractivity contribution in [3.8, 4) is 6.07 Å². The third-order valence-corrected chi connectivity index (χ3v) is 2.21. The van der Waals surface area contributed by atoms with Crippen LogP contribution in [0.25, 0.3) is 6.08 Å². The number of benzene rings is 1. The van der Waals surface area contributed by atoms with Crippen LogP contribution in [0.1, 0.15) is 11.1 Å². The Balaban J connectivity index is 2.02. The van der Waals surface area contributed by atoms with Crippen LogP contribution < -0.4 is 5.32 Å². The minimum Gasteiger partial charge on any atom is -0.320 e. The number of rotatable bonds is 3. The molecule has 0 radical (unpaired) electrons. The lowest BCUT2D eigenvalue weighted by atomic mass is 10.1. The number of carbonyl (C=O) groups is 1. The van der Waals surface area contributed by atoms with Gasteiger partial charge >= 0.3 is 0 Å². The lowest BCUT2D eigenvalue weighted by Gasteiger charge is -1.96. The van der Waals surface area contributed by atoms with E-state index in [9.17, 15) is 4.79 Å². The quantitative estimate of drug-likeness (QED) is 0.801. The Kier molecular flexibility index (Phi) is 3.52. The van der Waals surface area contributed by atoms with E-state index in [0.29, 0.717) is 11.3 Å². The first-order valence-electron chi connectivity index (χ1n) is 5.26.